The Morgan fingerprint density at radius 1 is 1.07 bits per heavy atom. The molecule has 6 heteroatoms. The van der Waals surface area contributed by atoms with Gasteiger partial charge in [-0.15, -0.1) is 0 Å². The third-order valence-corrected chi connectivity index (χ3v) is 4.78. The van der Waals surface area contributed by atoms with E-state index < -0.39 is 0 Å². The van der Waals surface area contributed by atoms with Gasteiger partial charge in [0.15, 0.2) is 0 Å². The van der Waals surface area contributed by atoms with Crippen LogP contribution in [0.15, 0.2) is 54.6 Å². The van der Waals surface area contributed by atoms with E-state index in [0.29, 0.717) is 18.7 Å². The quantitative estimate of drug-likeness (QED) is 0.543. The highest BCUT2D eigenvalue weighted by molar-refractivity contribution is 6.04. The number of aromatic nitrogens is 2. The van der Waals surface area contributed by atoms with Gasteiger partial charge in [0.25, 0.3) is 5.91 Å². The van der Waals surface area contributed by atoms with Gasteiger partial charge in [0.1, 0.15) is 5.75 Å². The molecule has 0 aliphatic rings. The predicted molar refractivity (Wildman–Crippen MR) is 120 cm³/mol. The first-order valence-corrected chi connectivity index (χ1v) is 10.2. The molecule has 1 heterocycles. The number of hydrogen-bond donors (Lipinski definition) is 1. The zero-order chi connectivity index (χ0) is 21.5. The van der Waals surface area contributed by atoms with Crippen LogP contribution in [0.3, 0.4) is 0 Å². The van der Waals surface area contributed by atoms with Crippen LogP contribution >= 0.6 is 0 Å². The first-order valence-electron chi connectivity index (χ1n) is 10.2. The summed E-state index contributed by atoms with van der Waals surface area (Å²) >= 11 is 0. The second-order valence-electron chi connectivity index (χ2n) is 7.77. The first kappa shape index (κ1) is 21.6. The number of aryl methyl sites for hydroxylation is 2. The van der Waals surface area contributed by atoms with Gasteiger partial charge < -0.3 is 15.0 Å². The van der Waals surface area contributed by atoms with E-state index >= 15 is 0 Å². The van der Waals surface area contributed by atoms with Crippen molar-refractivity contribution in [3.05, 3.63) is 77.1 Å². The third kappa shape index (κ3) is 6.19. The average molecular weight is 407 g/mol. The number of benzene rings is 2. The molecular formula is C24H30N4O2. The van der Waals surface area contributed by atoms with Crippen LogP contribution < -0.4 is 10.1 Å². The third-order valence-electron chi connectivity index (χ3n) is 4.78. The van der Waals surface area contributed by atoms with Crippen LogP contribution in [0, 0.1) is 13.8 Å². The maximum Gasteiger partial charge on any atom is 0.255 e. The molecular weight excluding hydrogens is 376 g/mol. The molecule has 6 nitrogen and oxygen atoms in total. The Morgan fingerprint density at radius 3 is 2.37 bits per heavy atom. The van der Waals surface area contributed by atoms with Gasteiger partial charge in [0.05, 0.1) is 18.8 Å². The van der Waals surface area contributed by atoms with Crippen molar-refractivity contribution in [2.45, 2.75) is 26.8 Å². The van der Waals surface area contributed by atoms with E-state index in [1.54, 1.807) is 0 Å². The number of anilines is 1. The minimum absolute atomic E-state index is 0.132. The smallest absolute Gasteiger partial charge is 0.255 e. The molecule has 0 spiro atoms. The number of carbonyl (C=O) groups is 1. The molecule has 158 valence electrons. The SMILES string of the molecule is Cc1cc(C)n(Cc2ccc(C(=O)Nc3ccc(OCCCN(C)C)cc3)cc2)n1. The fourth-order valence-corrected chi connectivity index (χ4v) is 3.18. The summed E-state index contributed by atoms with van der Waals surface area (Å²) in [6.45, 7) is 6.39. The highest BCUT2D eigenvalue weighted by atomic mass is 16.5. The number of nitrogens with zero attached hydrogens (tertiary/aromatic N) is 3. The number of amides is 1. The van der Waals surface area contributed by atoms with Crippen molar-refractivity contribution in [1.82, 2.24) is 14.7 Å². The molecule has 3 aromatic rings. The van der Waals surface area contributed by atoms with Crippen LogP contribution in [0.2, 0.25) is 0 Å². The minimum atomic E-state index is -0.132. The monoisotopic (exact) mass is 406 g/mol. The van der Waals surface area contributed by atoms with E-state index in [9.17, 15) is 4.79 Å². The highest BCUT2D eigenvalue weighted by Crippen LogP contribution is 2.17. The van der Waals surface area contributed by atoms with Crippen LogP contribution in [-0.2, 0) is 6.54 Å². The van der Waals surface area contributed by atoms with Crippen molar-refractivity contribution in [1.29, 1.82) is 0 Å². The predicted octanol–water partition coefficient (Wildman–Crippen LogP) is 4.13. The summed E-state index contributed by atoms with van der Waals surface area (Å²) < 4.78 is 7.69. The second-order valence-corrected chi connectivity index (χ2v) is 7.77. The summed E-state index contributed by atoms with van der Waals surface area (Å²) in [4.78, 5) is 14.7. The van der Waals surface area contributed by atoms with Crippen molar-refractivity contribution in [3.63, 3.8) is 0 Å². The lowest BCUT2D eigenvalue weighted by atomic mass is 10.1. The zero-order valence-electron chi connectivity index (χ0n) is 18.2. The fraction of sp³-hybridized carbons (Fsp3) is 0.333. The molecule has 30 heavy (non-hydrogen) atoms. The molecule has 0 atom stereocenters. The van der Waals surface area contributed by atoms with Crippen molar-refractivity contribution >= 4 is 11.6 Å². The number of rotatable bonds is 9. The summed E-state index contributed by atoms with van der Waals surface area (Å²) in [5.74, 6) is 0.674. The first-order chi connectivity index (χ1) is 14.4. The molecule has 0 saturated heterocycles. The van der Waals surface area contributed by atoms with Crippen molar-refractivity contribution in [3.8, 4) is 5.75 Å². The maximum absolute atomic E-state index is 12.5. The topological polar surface area (TPSA) is 59.4 Å². The molecule has 0 fully saturated rings. The highest BCUT2D eigenvalue weighted by Gasteiger charge is 2.08. The molecule has 0 saturated carbocycles. The van der Waals surface area contributed by atoms with Gasteiger partial charge in [0, 0.05) is 23.5 Å². The maximum atomic E-state index is 12.5. The Kier molecular flexibility index (Phi) is 7.25. The second kappa shape index (κ2) is 10.1. The van der Waals surface area contributed by atoms with E-state index in [0.717, 1.165) is 41.4 Å². The van der Waals surface area contributed by atoms with Crippen LogP contribution in [0.4, 0.5) is 5.69 Å². The summed E-state index contributed by atoms with van der Waals surface area (Å²) in [6, 6.07) is 17.2. The summed E-state index contributed by atoms with van der Waals surface area (Å²) in [5.41, 5.74) is 4.60. The molecule has 1 amide bonds. The van der Waals surface area contributed by atoms with Crippen LogP contribution in [0.25, 0.3) is 0 Å². The van der Waals surface area contributed by atoms with Crippen molar-refractivity contribution in [2.75, 3.05) is 32.6 Å². The lowest BCUT2D eigenvalue weighted by Gasteiger charge is -2.11. The van der Waals surface area contributed by atoms with Gasteiger partial charge in [-0.05, 0) is 82.4 Å². The minimum Gasteiger partial charge on any atom is -0.494 e. The van der Waals surface area contributed by atoms with Gasteiger partial charge in [0.2, 0.25) is 0 Å². The Balaban J connectivity index is 1.52. The normalized spacial score (nSPS) is 11.0. The van der Waals surface area contributed by atoms with Gasteiger partial charge in [-0.1, -0.05) is 12.1 Å². The molecule has 0 aliphatic carbocycles. The molecule has 3 rings (SSSR count). The lowest BCUT2D eigenvalue weighted by Crippen LogP contribution is -2.15. The van der Waals surface area contributed by atoms with Gasteiger partial charge in [-0.25, -0.2) is 0 Å². The van der Waals surface area contributed by atoms with Crippen LogP contribution in [0.1, 0.15) is 33.7 Å². The van der Waals surface area contributed by atoms with Crippen molar-refractivity contribution < 1.29 is 9.53 Å². The zero-order valence-corrected chi connectivity index (χ0v) is 18.2. The molecule has 0 radical (unpaired) electrons. The number of ether oxygens (including phenoxy) is 1. The molecule has 0 bridgehead atoms. The Bertz CT molecular complexity index is 960. The molecule has 1 aromatic heterocycles. The number of hydrogen-bond acceptors (Lipinski definition) is 4. The standard InChI is InChI=1S/C24H30N4O2/c1-18-16-19(2)28(26-18)17-20-6-8-21(9-7-20)24(29)25-22-10-12-23(13-11-22)30-15-5-14-27(3)4/h6-13,16H,5,14-15,17H2,1-4H3,(H,25,29). The van der Waals surface area contributed by atoms with Crippen LogP contribution in [0.5, 0.6) is 5.75 Å². The molecule has 2 aromatic carbocycles. The van der Waals surface area contributed by atoms with E-state index in [-0.39, 0.29) is 5.91 Å². The van der Waals surface area contributed by atoms with Crippen LogP contribution in [-0.4, -0.2) is 47.8 Å². The van der Waals surface area contributed by atoms with E-state index in [4.69, 9.17) is 4.74 Å². The molecule has 1 N–H and O–H groups in total. The average Bonchev–Trinajstić information content (AvgIpc) is 3.03. The lowest BCUT2D eigenvalue weighted by molar-refractivity contribution is 0.102. The summed E-state index contributed by atoms with van der Waals surface area (Å²) in [7, 11) is 4.10. The van der Waals surface area contributed by atoms with Crippen molar-refractivity contribution in [2.24, 2.45) is 0 Å². The van der Waals surface area contributed by atoms with E-state index in [1.165, 1.54) is 0 Å². The summed E-state index contributed by atoms with van der Waals surface area (Å²) in [5, 5.41) is 7.41. The van der Waals surface area contributed by atoms with Gasteiger partial charge >= 0.3 is 0 Å². The number of nitrogens with one attached hydrogen (secondary N) is 1. The largest absolute Gasteiger partial charge is 0.494 e. The summed E-state index contributed by atoms with van der Waals surface area (Å²) in [6.07, 6.45) is 0.973. The Morgan fingerprint density at radius 2 is 1.77 bits per heavy atom. The van der Waals surface area contributed by atoms with E-state index in [1.807, 2.05) is 81.2 Å². The van der Waals surface area contributed by atoms with E-state index in [2.05, 4.69) is 21.4 Å². The molecule has 0 aliphatic heterocycles. The fourth-order valence-electron chi connectivity index (χ4n) is 3.18. The number of carbonyl (C=O) groups excluding carboxylic acids is 1. The van der Waals surface area contributed by atoms with Gasteiger partial charge in [-0.3, -0.25) is 9.48 Å². The molecule has 0 unspecified atom stereocenters. The van der Waals surface area contributed by atoms with Gasteiger partial charge in [-0.2, -0.15) is 5.10 Å². The Hall–Kier alpha value is -3.12. The Labute approximate surface area is 178 Å².